The molecule has 4 rings (SSSR count). The minimum absolute atomic E-state index is 0.803. The summed E-state index contributed by atoms with van der Waals surface area (Å²) in [6, 6.07) is 24.4. The topological polar surface area (TPSA) is 3.24 Å². The highest BCUT2D eigenvalue weighted by molar-refractivity contribution is 5.83. The van der Waals surface area contributed by atoms with Crippen molar-refractivity contribution in [3.8, 4) is 0 Å². The van der Waals surface area contributed by atoms with Gasteiger partial charge in [0, 0.05) is 17.1 Å². The summed E-state index contributed by atoms with van der Waals surface area (Å²) >= 11 is 0. The SMILES string of the molecule is C=C/C=C\C(C)=C=CCC(=Cc1ccc(N(C(=C)C)c2ccc3c(c2)CCCC3)cc1)c1cccc(C)c1. The van der Waals surface area contributed by atoms with Gasteiger partial charge in [-0.2, -0.15) is 0 Å². The van der Waals surface area contributed by atoms with E-state index in [2.05, 4.69) is 123 Å². The molecule has 192 valence electrons. The Morgan fingerprint density at radius 2 is 1.66 bits per heavy atom. The Morgan fingerprint density at radius 3 is 2.37 bits per heavy atom. The number of hydrogen-bond donors (Lipinski definition) is 0. The number of aryl methyl sites for hydroxylation is 3. The Balaban J connectivity index is 1.64. The van der Waals surface area contributed by atoms with Crippen LogP contribution in [-0.4, -0.2) is 0 Å². The molecule has 38 heavy (non-hydrogen) atoms. The van der Waals surface area contributed by atoms with Gasteiger partial charge in [-0.05, 0) is 117 Å². The van der Waals surface area contributed by atoms with Crippen LogP contribution in [0.2, 0.25) is 0 Å². The van der Waals surface area contributed by atoms with Crippen molar-refractivity contribution in [2.45, 2.75) is 52.9 Å². The lowest BCUT2D eigenvalue weighted by atomic mass is 9.91. The van der Waals surface area contributed by atoms with Crippen LogP contribution < -0.4 is 4.90 Å². The fraction of sp³-hybridized carbons (Fsp3) is 0.216. The van der Waals surface area contributed by atoms with E-state index in [1.807, 2.05) is 12.2 Å². The first-order valence-electron chi connectivity index (χ1n) is 13.6. The van der Waals surface area contributed by atoms with Crippen molar-refractivity contribution in [1.82, 2.24) is 0 Å². The third-order valence-corrected chi connectivity index (χ3v) is 6.99. The highest BCUT2D eigenvalue weighted by atomic mass is 15.1. The molecule has 3 aromatic rings. The zero-order valence-electron chi connectivity index (χ0n) is 23.1. The van der Waals surface area contributed by atoms with Crippen LogP contribution in [0.3, 0.4) is 0 Å². The maximum absolute atomic E-state index is 4.30. The first kappa shape index (κ1) is 27.0. The van der Waals surface area contributed by atoms with Gasteiger partial charge in [0.05, 0.1) is 0 Å². The largest absolute Gasteiger partial charge is 0.315 e. The van der Waals surface area contributed by atoms with E-state index in [-0.39, 0.29) is 0 Å². The smallest absolute Gasteiger partial charge is 0.0460 e. The highest BCUT2D eigenvalue weighted by Gasteiger charge is 2.15. The third-order valence-electron chi connectivity index (χ3n) is 6.99. The summed E-state index contributed by atoms with van der Waals surface area (Å²) in [5.41, 5.74) is 15.8. The lowest BCUT2D eigenvalue weighted by molar-refractivity contribution is 0.685. The summed E-state index contributed by atoms with van der Waals surface area (Å²) in [7, 11) is 0. The van der Waals surface area contributed by atoms with Crippen LogP contribution in [0.5, 0.6) is 0 Å². The van der Waals surface area contributed by atoms with Crippen LogP contribution in [0.4, 0.5) is 11.4 Å². The van der Waals surface area contributed by atoms with Crippen molar-refractivity contribution in [2.24, 2.45) is 0 Å². The van der Waals surface area contributed by atoms with Gasteiger partial charge in [0.15, 0.2) is 0 Å². The summed E-state index contributed by atoms with van der Waals surface area (Å²) in [5.74, 6) is 0. The van der Waals surface area contributed by atoms with Gasteiger partial charge < -0.3 is 4.90 Å². The van der Waals surface area contributed by atoms with Crippen LogP contribution in [0, 0.1) is 6.92 Å². The molecular formula is C37H39N. The van der Waals surface area contributed by atoms with Gasteiger partial charge in [0.2, 0.25) is 0 Å². The van der Waals surface area contributed by atoms with E-state index in [4.69, 9.17) is 0 Å². The molecule has 0 N–H and O–H groups in total. The molecule has 1 nitrogen and oxygen atoms in total. The molecule has 0 spiro atoms. The van der Waals surface area contributed by atoms with Crippen molar-refractivity contribution in [1.29, 1.82) is 0 Å². The fourth-order valence-corrected chi connectivity index (χ4v) is 5.06. The maximum Gasteiger partial charge on any atom is 0.0460 e. The maximum atomic E-state index is 4.30. The Kier molecular flexibility index (Phi) is 9.20. The molecule has 0 unspecified atom stereocenters. The van der Waals surface area contributed by atoms with Crippen LogP contribution >= 0.6 is 0 Å². The van der Waals surface area contributed by atoms with Gasteiger partial charge in [-0.1, -0.05) is 85.5 Å². The molecule has 1 aliphatic carbocycles. The van der Waals surface area contributed by atoms with Crippen LogP contribution in [0.15, 0.2) is 121 Å². The van der Waals surface area contributed by atoms with Gasteiger partial charge in [0.25, 0.3) is 0 Å². The summed E-state index contributed by atoms with van der Waals surface area (Å²) in [5, 5.41) is 0. The first-order chi connectivity index (χ1) is 18.4. The number of hydrogen-bond acceptors (Lipinski definition) is 1. The monoisotopic (exact) mass is 497 g/mol. The number of anilines is 2. The lowest BCUT2D eigenvalue weighted by Gasteiger charge is -2.27. The van der Waals surface area contributed by atoms with Crippen molar-refractivity contribution >= 4 is 23.0 Å². The lowest BCUT2D eigenvalue weighted by Crippen LogP contribution is -2.14. The van der Waals surface area contributed by atoms with Crippen molar-refractivity contribution in [3.63, 3.8) is 0 Å². The van der Waals surface area contributed by atoms with E-state index < -0.39 is 0 Å². The fourth-order valence-electron chi connectivity index (χ4n) is 5.06. The molecule has 0 amide bonds. The molecule has 0 saturated carbocycles. The van der Waals surface area contributed by atoms with E-state index >= 15 is 0 Å². The van der Waals surface area contributed by atoms with Gasteiger partial charge in [0.1, 0.15) is 0 Å². The Bertz CT molecular complexity index is 1420. The van der Waals surface area contributed by atoms with Crippen LogP contribution in [0.25, 0.3) is 11.6 Å². The summed E-state index contributed by atoms with van der Waals surface area (Å²) in [6.07, 6.45) is 15.9. The standard InChI is InChI=1S/C37H39N/c1-6-7-12-29(4)13-10-18-34(33-17-11-14-30(5)25-33)26-31-19-22-36(23-20-31)38(28(2)3)37-24-21-32-15-8-9-16-35(32)27-37/h6-7,10-12,14,17,19-27H,1-2,8-9,15-16,18H2,3-5H3/b12-7-,34-26?. The number of fused-ring (bicyclic) bond motifs is 1. The molecule has 0 bridgehead atoms. The highest BCUT2D eigenvalue weighted by Crippen LogP contribution is 2.33. The minimum atomic E-state index is 0.803. The zero-order valence-corrected chi connectivity index (χ0v) is 23.1. The minimum Gasteiger partial charge on any atom is -0.315 e. The molecule has 3 aromatic carbocycles. The van der Waals surface area contributed by atoms with Crippen LogP contribution in [-0.2, 0) is 12.8 Å². The molecule has 0 heterocycles. The molecule has 0 aromatic heterocycles. The van der Waals surface area contributed by atoms with Crippen LogP contribution in [0.1, 0.15) is 60.9 Å². The molecule has 0 radical (unpaired) electrons. The molecular weight excluding hydrogens is 458 g/mol. The van der Waals surface area contributed by atoms with E-state index in [9.17, 15) is 0 Å². The quantitative estimate of drug-likeness (QED) is 0.161. The van der Waals surface area contributed by atoms with E-state index in [1.54, 1.807) is 6.08 Å². The second-order valence-electron chi connectivity index (χ2n) is 10.2. The number of rotatable bonds is 9. The number of nitrogens with zero attached hydrogens (tertiary/aromatic N) is 1. The zero-order chi connectivity index (χ0) is 26.9. The normalized spacial score (nSPS) is 13.0. The first-order valence-corrected chi connectivity index (χ1v) is 13.6. The second-order valence-corrected chi connectivity index (χ2v) is 10.2. The van der Waals surface area contributed by atoms with Crippen molar-refractivity contribution < 1.29 is 0 Å². The van der Waals surface area contributed by atoms with Gasteiger partial charge in [-0.15, -0.1) is 5.73 Å². The summed E-state index contributed by atoms with van der Waals surface area (Å²) in [6.45, 7) is 14.3. The summed E-state index contributed by atoms with van der Waals surface area (Å²) < 4.78 is 0. The summed E-state index contributed by atoms with van der Waals surface area (Å²) in [4.78, 5) is 2.26. The average Bonchev–Trinajstić information content (AvgIpc) is 2.92. The Hall–Kier alpha value is -4.06. The molecule has 1 aliphatic rings. The Morgan fingerprint density at radius 1 is 0.921 bits per heavy atom. The number of benzene rings is 3. The molecule has 0 fully saturated rings. The molecule has 0 atom stereocenters. The van der Waals surface area contributed by atoms with Crippen molar-refractivity contribution in [3.05, 3.63) is 149 Å². The molecule has 0 aliphatic heterocycles. The van der Waals surface area contributed by atoms with Gasteiger partial charge >= 0.3 is 0 Å². The molecule has 0 saturated heterocycles. The van der Waals surface area contributed by atoms with E-state index in [1.165, 1.54) is 64.8 Å². The Labute approximate surface area is 229 Å². The predicted molar refractivity (Wildman–Crippen MR) is 167 cm³/mol. The second kappa shape index (κ2) is 13.0. The van der Waals surface area contributed by atoms with E-state index in [0.29, 0.717) is 0 Å². The van der Waals surface area contributed by atoms with E-state index in [0.717, 1.165) is 23.4 Å². The third kappa shape index (κ3) is 7.03. The average molecular weight is 498 g/mol. The molecule has 1 heteroatoms. The predicted octanol–water partition coefficient (Wildman–Crippen LogP) is 10.3. The van der Waals surface area contributed by atoms with Crippen molar-refractivity contribution in [2.75, 3.05) is 4.90 Å². The van der Waals surface area contributed by atoms with Gasteiger partial charge in [-0.25, -0.2) is 0 Å². The van der Waals surface area contributed by atoms with Gasteiger partial charge in [-0.3, -0.25) is 0 Å². The number of allylic oxidation sites excluding steroid dienone is 6.